The van der Waals surface area contributed by atoms with Gasteiger partial charge in [0.1, 0.15) is 0 Å². The average Bonchev–Trinajstić information content (AvgIpc) is 2.29. The highest BCUT2D eigenvalue weighted by atomic mass is 16.1. The summed E-state index contributed by atoms with van der Waals surface area (Å²) >= 11 is 0. The van der Waals surface area contributed by atoms with Gasteiger partial charge in [-0.1, -0.05) is 12.1 Å². The monoisotopic (exact) mass is 234 g/mol. The van der Waals surface area contributed by atoms with E-state index in [-0.39, 0.29) is 12.1 Å². The van der Waals surface area contributed by atoms with Crippen LogP contribution in [-0.2, 0) is 11.2 Å². The fraction of sp³-hybridized carbons (Fsp3) is 0.417. The molecule has 0 fully saturated rings. The number of hydrazine groups is 1. The van der Waals surface area contributed by atoms with Crippen LogP contribution in [0.25, 0.3) is 0 Å². The highest BCUT2D eigenvalue weighted by Crippen LogP contribution is 2.26. The number of nitrogens with zero attached hydrogens (tertiary/aromatic N) is 1. The zero-order valence-corrected chi connectivity index (χ0v) is 10.2. The van der Waals surface area contributed by atoms with E-state index in [0.717, 1.165) is 17.7 Å². The largest absolute Gasteiger partial charge is 0.326 e. The summed E-state index contributed by atoms with van der Waals surface area (Å²) < 4.78 is 0. The molecular formula is C12H18N4O. The van der Waals surface area contributed by atoms with Gasteiger partial charge in [0.05, 0.1) is 6.17 Å². The minimum Gasteiger partial charge on any atom is -0.326 e. The second kappa shape index (κ2) is 4.83. The number of anilines is 1. The Kier molecular flexibility index (Phi) is 3.42. The van der Waals surface area contributed by atoms with Gasteiger partial charge < -0.3 is 5.32 Å². The van der Waals surface area contributed by atoms with Gasteiger partial charge in [-0.15, -0.1) is 0 Å². The maximum absolute atomic E-state index is 11.3. The van der Waals surface area contributed by atoms with Crippen LogP contribution in [0.15, 0.2) is 18.2 Å². The molecule has 1 aromatic rings. The molecule has 1 aromatic carbocycles. The number of fused-ring (bicyclic) bond motifs is 1. The lowest BCUT2D eigenvalue weighted by atomic mass is 9.99. The zero-order chi connectivity index (χ0) is 12.4. The minimum absolute atomic E-state index is 0.0158. The number of nitrogens with two attached hydrogens (primary N) is 1. The third-order valence-corrected chi connectivity index (χ3v) is 3.01. The Labute approximate surface area is 101 Å². The third kappa shape index (κ3) is 2.46. The zero-order valence-electron chi connectivity index (χ0n) is 10.2. The Morgan fingerprint density at radius 1 is 1.41 bits per heavy atom. The first kappa shape index (κ1) is 12.0. The molecule has 1 heterocycles. The molecule has 1 unspecified atom stereocenters. The minimum atomic E-state index is -0.0158. The van der Waals surface area contributed by atoms with Gasteiger partial charge in [0.15, 0.2) is 0 Å². The maximum Gasteiger partial charge on any atom is 0.224 e. The molecule has 2 rings (SSSR count). The molecule has 0 spiro atoms. The standard InChI is InChI=1S/C12H18N4O/c1-16(2)12(15-13)9-3-5-10-8(7-9)4-6-11(17)14-10/h3,5,7,12,15H,4,6,13H2,1-2H3,(H,14,17). The second-order valence-electron chi connectivity index (χ2n) is 4.50. The number of hydrogen-bond acceptors (Lipinski definition) is 4. The van der Waals surface area contributed by atoms with Crippen LogP contribution < -0.4 is 16.6 Å². The van der Waals surface area contributed by atoms with Gasteiger partial charge in [-0.3, -0.25) is 15.5 Å². The van der Waals surface area contributed by atoms with E-state index in [1.54, 1.807) is 0 Å². The van der Waals surface area contributed by atoms with Crippen LogP contribution in [0, 0.1) is 0 Å². The van der Waals surface area contributed by atoms with Crippen LogP contribution in [0.4, 0.5) is 5.69 Å². The predicted octanol–water partition coefficient (Wildman–Crippen LogP) is 0.595. The first-order valence-corrected chi connectivity index (χ1v) is 5.67. The molecule has 0 saturated carbocycles. The van der Waals surface area contributed by atoms with E-state index in [1.807, 2.05) is 31.1 Å². The van der Waals surface area contributed by atoms with Crippen LogP contribution in [0.3, 0.4) is 0 Å². The van der Waals surface area contributed by atoms with Crippen molar-refractivity contribution in [2.24, 2.45) is 5.84 Å². The molecular weight excluding hydrogens is 216 g/mol. The van der Waals surface area contributed by atoms with E-state index in [1.165, 1.54) is 5.56 Å². The fourth-order valence-corrected chi connectivity index (χ4v) is 2.12. The lowest BCUT2D eigenvalue weighted by Crippen LogP contribution is -2.37. The summed E-state index contributed by atoms with van der Waals surface area (Å²) in [6, 6.07) is 6.02. The molecule has 4 N–H and O–H groups in total. The summed E-state index contributed by atoms with van der Waals surface area (Å²) in [6.45, 7) is 0. The normalized spacial score (nSPS) is 16.6. The molecule has 0 saturated heterocycles. The van der Waals surface area contributed by atoms with Crippen molar-refractivity contribution in [3.05, 3.63) is 29.3 Å². The smallest absolute Gasteiger partial charge is 0.224 e. The van der Waals surface area contributed by atoms with Crippen LogP contribution in [-0.4, -0.2) is 24.9 Å². The van der Waals surface area contributed by atoms with Crippen LogP contribution in [0.2, 0.25) is 0 Å². The second-order valence-corrected chi connectivity index (χ2v) is 4.50. The van der Waals surface area contributed by atoms with Crippen molar-refractivity contribution in [3.8, 4) is 0 Å². The summed E-state index contributed by atoms with van der Waals surface area (Å²) in [6.07, 6.45) is 1.33. The molecule has 0 radical (unpaired) electrons. The first-order valence-electron chi connectivity index (χ1n) is 5.67. The molecule has 0 aliphatic carbocycles. The van der Waals surface area contributed by atoms with E-state index in [0.29, 0.717) is 6.42 Å². The number of carbonyl (C=O) groups excluding carboxylic acids is 1. The number of rotatable bonds is 3. The van der Waals surface area contributed by atoms with Gasteiger partial charge in [0, 0.05) is 12.1 Å². The van der Waals surface area contributed by atoms with Gasteiger partial charge in [-0.2, -0.15) is 0 Å². The summed E-state index contributed by atoms with van der Waals surface area (Å²) in [5, 5.41) is 2.87. The fourth-order valence-electron chi connectivity index (χ4n) is 2.12. The SMILES string of the molecule is CN(C)C(NN)c1ccc2c(c1)CCC(=O)N2. The molecule has 1 atom stereocenters. The van der Waals surface area contributed by atoms with Crippen molar-refractivity contribution in [1.82, 2.24) is 10.3 Å². The van der Waals surface area contributed by atoms with Gasteiger partial charge in [0.2, 0.25) is 5.91 Å². The Balaban J connectivity index is 2.30. The number of nitrogens with one attached hydrogen (secondary N) is 2. The highest BCUT2D eigenvalue weighted by molar-refractivity contribution is 5.93. The average molecular weight is 234 g/mol. The predicted molar refractivity (Wildman–Crippen MR) is 67.1 cm³/mol. The van der Waals surface area contributed by atoms with E-state index < -0.39 is 0 Å². The number of carbonyl (C=O) groups is 1. The summed E-state index contributed by atoms with van der Waals surface area (Å²) in [4.78, 5) is 13.3. The maximum atomic E-state index is 11.3. The third-order valence-electron chi connectivity index (χ3n) is 3.01. The first-order chi connectivity index (χ1) is 8.11. The topological polar surface area (TPSA) is 70.4 Å². The van der Waals surface area contributed by atoms with E-state index in [9.17, 15) is 4.79 Å². The molecule has 5 heteroatoms. The van der Waals surface area contributed by atoms with Crippen molar-refractivity contribution in [2.75, 3.05) is 19.4 Å². The Morgan fingerprint density at radius 3 is 2.82 bits per heavy atom. The summed E-state index contributed by atoms with van der Waals surface area (Å²) in [5.41, 5.74) is 5.96. The summed E-state index contributed by atoms with van der Waals surface area (Å²) in [5.74, 6) is 5.63. The number of amides is 1. The van der Waals surface area contributed by atoms with Crippen molar-refractivity contribution in [1.29, 1.82) is 0 Å². The molecule has 1 aliphatic heterocycles. The molecule has 0 bridgehead atoms. The summed E-state index contributed by atoms with van der Waals surface area (Å²) in [7, 11) is 3.93. The highest BCUT2D eigenvalue weighted by Gasteiger charge is 2.18. The lowest BCUT2D eigenvalue weighted by Gasteiger charge is -2.25. The molecule has 17 heavy (non-hydrogen) atoms. The molecule has 1 amide bonds. The van der Waals surface area contributed by atoms with Crippen LogP contribution in [0.5, 0.6) is 0 Å². The van der Waals surface area contributed by atoms with Gasteiger partial charge in [-0.05, 0) is 37.7 Å². The van der Waals surface area contributed by atoms with Gasteiger partial charge in [-0.25, -0.2) is 5.43 Å². The molecule has 5 nitrogen and oxygen atoms in total. The molecule has 92 valence electrons. The van der Waals surface area contributed by atoms with Crippen LogP contribution in [0.1, 0.15) is 23.7 Å². The number of aryl methyl sites for hydroxylation is 1. The molecule has 1 aliphatic rings. The van der Waals surface area contributed by atoms with Crippen molar-refractivity contribution < 1.29 is 4.79 Å². The van der Waals surface area contributed by atoms with Crippen molar-refractivity contribution in [2.45, 2.75) is 19.0 Å². The van der Waals surface area contributed by atoms with Crippen molar-refractivity contribution >= 4 is 11.6 Å². The number of hydrogen-bond donors (Lipinski definition) is 3. The Bertz CT molecular complexity index is 431. The molecule has 0 aromatic heterocycles. The van der Waals surface area contributed by atoms with E-state index in [2.05, 4.69) is 16.8 Å². The van der Waals surface area contributed by atoms with E-state index in [4.69, 9.17) is 5.84 Å². The van der Waals surface area contributed by atoms with Crippen LogP contribution >= 0.6 is 0 Å². The lowest BCUT2D eigenvalue weighted by molar-refractivity contribution is -0.116. The number of benzene rings is 1. The van der Waals surface area contributed by atoms with Gasteiger partial charge in [0.25, 0.3) is 0 Å². The Hall–Kier alpha value is -1.43. The van der Waals surface area contributed by atoms with Gasteiger partial charge >= 0.3 is 0 Å². The Morgan fingerprint density at radius 2 is 2.18 bits per heavy atom. The van der Waals surface area contributed by atoms with Crippen molar-refractivity contribution in [3.63, 3.8) is 0 Å². The van der Waals surface area contributed by atoms with E-state index >= 15 is 0 Å². The quantitative estimate of drug-likeness (QED) is 0.407.